The summed E-state index contributed by atoms with van der Waals surface area (Å²) < 4.78 is 18.2. The van der Waals surface area contributed by atoms with Crippen LogP contribution in [0.4, 0.5) is 0 Å². The summed E-state index contributed by atoms with van der Waals surface area (Å²) in [6.45, 7) is 1.74. The fourth-order valence-electron chi connectivity index (χ4n) is 3.93. The highest BCUT2D eigenvalue weighted by Gasteiger charge is 2.25. The van der Waals surface area contributed by atoms with E-state index in [4.69, 9.17) is 14.2 Å². The summed E-state index contributed by atoms with van der Waals surface area (Å²) in [5.41, 5.74) is 1.45. The average molecular weight is 437 g/mol. The first-order valence-corrected chi connectivity index (χ1v) is 10.6. The van der Waals surface area contributed by atoms with Crippen LogP contribution in [0, 0.1) is 0 Å². The number of hydrogen-bond acceptors (Lipinski definition) is 6. The minimum atomic E-state index is -0.133. The largest absolute Gasteiger partial charge is 0.493 e. The van der Waals surface area contributed by atoms with E-state index in [2.05, 4.69) is 4.98 Å². The van der Waals surface area contributed by atoms with Crippen LogP contribution in [0.25, 0.3) is 10.9 Å². The van der Waals surface area contributed by atoms with Gasteiger partial charge in [-0.1, -0.05) is 30.3 Å². The number of rotatable bonds is 7. The maximum absolute atomic E-state index is 13.1. The monoisotopic (exact) mass is 437 g/mol. The lowest BCUT2D eigenvalue weighted by molar-refractivity contribution is -0.136. The second kappa shape index (κ2) is 9.82. The van der Waals surface area contributed by atoms with Gasteiger partial charge >= 0.3 is 0 Å². The molecule has 168 valence electrons. The molecule has 1 amide bonds. The summed E-state index contributed by atoms with van der Waals surface area (Å²) in [4.78, 5) is 31.4. The topological polar surface area (TPSA) is 82.9 Å². The first kappa shape index (κ1) is 21.8. The van der Waals surface area contributed by atoms with Crippen molar-refractivity contribution in [3.05, 3.63) is 64.7 Å². The summed E-state index contributed by atoms with van der Waals surface area (Å²) in [6, 6.07) is 13.2. The zero-order chi connectivity index (χ0) is 22.5. The molecule has 0 radical (unpaired) electrons. The van der Waals surface area contributed by atoms with Gasteiger partial charge in [-0.15, -0.1) is 0 Å². The molecular weight excluding hydrogens is 410 g/mol. The highest BCUT2D eigenvalue weighted by atomic mass is 16.5. The van der Waals surface area contributed by atoms with E-state index in [1.807, 2.05) is 30.3 Å². The van der Waals surface area contributed by atoms with Crippen LogP contribution in [-0.2, 0) is 16.1 Å². The first-order chi connectivity index (χ1) is 15.6. The normalized spacial score (nSPS) is 14.5. The molecule has 2 heterocycles. The lowest BCUT2D eigenvalue weighted by atomic mass is 10.1. The molecule has 32 heavy (non-hydrogen) atoms. The molecule has 3 aromatic rings. The van der Waals surface area contributed by atoms with Crippen molar-refractivity contribution in [2.45, 2.75) is 25.5 Å². The lowest BCUT2D eigenvalue weighted by Crippen LogP contribution is -2.43. The zero-order valence-electron chi connectivity index (χ0n) is 18.3. The van der Waals surface area contributed by atoms with Crippen molar-refractivity contribution in [3.63, 3.8) is 0 Å². The number of carbonyl (C=O) groups is 1. The van der Waals surface area contributed by atoms with Crippen LogP contribution in [-0.4, -0.2) is 60.4 Å². The Hall–Kier alpha value is -3.39. The van der Waals surface area contributed by atoms with E-state index < -0.39 is 0 Å². The van der Waals surface area contributed by atoms with Crippen molar-refractivity contribution in [1.82, 2.24) is 14.5 Å². The summed E-state index contributed by atoms with van der Waals surface area (Å²) in [5, 5.41) is 0.479. The van der Waals surface area contributed by atoms with Gasteiger partial charge in [-0.05, 0) is 11.6 Å². The second-order valence-corrected chi connectivity index (χ2v) is 7.81. The van der Waals surface area contributed by atoms with Crippen molar-refractivity contribution in [2.24, 2.45) is 0 Å². The van der Waals surface area contributed by atoms with Crippen LogP contribution in [0.1, 0.15) is 18.4 Å². The first-order valence-electron chi connectivity index (χ1n) is 10.6. The number of methoxy groups -OCH3 is 2. The third kappa shape index (κ3) is 4.75. The third-order valence-corrected chi connectivity index (χ3v) is 5.66. The number of likely N-dealkylation sites (tertiary alicyclic amines) is 1. The van der Waals surface area contributed by atoms with Crippen LogP contribution in [0.3, 0.4) is 0 Å². The summed E-state index contributed by atoms with van der Waals surface area (Å²) in [5.74, 6) is 1.03. The van der Waals surface area contributed by atoms with E-state index in [0.29, 0.717) is 54.9 Å². The van der Waals surface area contributed by atoms with Crippen molar-refractivity contribution < 1.29 is 19.0 Å². The molecule has 4 rings (SSSR count). The summed E-state index contributed by atoms with van der Waals surface area (Å²) >= 11 is 0. The van der Waals surface area contributed by atoms with Gasteiger partial charge in [-0.2, -0.15) is 0 Å². The Labute approximate surface area is 186 Å². The molecular formula is C24H27N3O5. The van der Waals surface area contributed by atoms with E-state index in [1.165, 1.54) is 7.11 Å². The predicted octanol–water partition coefficient (Wildman–Crippen LogP) is 2.47. The van der Waals surface area contributed by atoms with Crippen molar-refractivity contribution in [2.75, 3.05) is 33.9 Å². The molecule has 0 aliphatic carbocycles. The molecule has 1 fully saturated rings. The number of nitrogens with zero attached hydrogens (tertiary/aromatic N) is 3. The van der Waals surface area contributed by atoms with E-state index in [1.54, 1.807) is 35.0 Å². The molecule has 8 nitrogen and oxygen atoms in total. The molecule has 0 saturated carbocycles. The Bertz CT molecular complexity index is 1140. The minimum Gasteiger partial charge on any atom is -0.493 e. The number of hydrogen-bond donors (Lipinski definition) is 0. The lowest BCUT2D eigenvalue weighted by Gasteiger charge is -2.32. The highest BCUT2D eigenvalue weighted by molar-refractivity contribution is 5.81. The quantitative estimate of drug-likeness (QED) is 0.565. The van der Waals surface area contributed by atoms with Crippen molar-refractivity contribution in [1.29, 1.82) is 0 Å². The Morgan fingerprint density at radius 2 is 1.84 bits per heavy atom. The number of amides is 1. The number of ether oxygens (including phenoxy) is 3. The van der Waals surface area contributed by atoms with E-state index >= 15 is 0 Å². The number of fused-ring (bicyclic) bond motifs is 1. The SMILES string of the molecule is COCC(=O)N1CCC(Oc2cc3c(=O)n(Cc4ccccc4)cnc3cc2OC)CC1. The molecule has 0 unspecified atom stereocenters. The molecule has 1 aliphatic heterocycles. The molecule has 2 aromatic carbocycles. The maximum atomic E-state index is 13.1. The Morgan fingerprint density at radius 1 is 1.09 bits per heavy atom. The second-order valence-electron chi connectivity index (χ2n) is 7.81. The average Bonchev–Trinajstić information content (AvgIpc) is 2.82. The van der Waals surface area contributed by atoms with E-state index in [-0.39, 0.29) is 24.2 Å². The molecule has 1 aromatic heterocycles. The Kier molecular flexibility index (Phi) is 6.70. The van der Waals surface area contributed by atoms with Gasteiger partial charge in [0.25, 0.3) is 5.56 Å². The van der Waals surface area contributed by atoms with Crippen LogP contribution in [0.2, 0.25) is 0 Å². The fraction of sp³-hybridized carbons (Fsp3) is 0.375. The maximum Gasteiger partial charge on any atom is 0.261 e. The zero-order valence-corrected chi connectivity index (χ0v) is 18.3. The van der Waals surface area contributed by atoms with Crippen LogP contribution in [0.15, 0.2) is 53.6 Å². The highest BCUT2D eigenvalue weighted by Crippen LogP contribution is 2.32. The smallest absolute Gasteiger partial charge is 0.261 e. The number of piperidine rings is 1. The van der Waals surface area contributed by atoms with Gasteiger partial charge in [0.1, 0.15) is 12.7 Å². The van der Waals surface area contributed by atoms with Gasteiger partial charge in [0.15, 0.2) is 11.5 Å². The van der Waals surface area contributed by atoms with Gasteiger partial charge in [0, 0.05) is 39.1 Å². The van der Waals surface area contributed by atoms with Gasteiger partial charge in [-0.3, -0.25) is 14.2 Å². The molecule has 0 N–H and O–H groups in total. The minimum absolute atomic E-state index is 0.0146. The third-order valence-electron chi connectivity index (χ3n) is 5.66. The number of carbonyl (C=O) groups excluding carboxylic acids is 1. The van der Waals surface area contributed by atoms with Gasteiger partial charge in [0.05, 0.1) is 30.9 Å². The van der Waals surface area contributed by atoms with Crippen LogP contribution in [0.5, 0.6) is 11.5 Å². The van der Waals surface area contributed by atoms with Gasteiger partial charge < -0.3 is 19.1 Å². The molecule has 0 atom stereocenters. The number of benzene rings is 2. The standard InChI is InChI=1S/C24H27N3O5/c1-30-15-23(28)26-10-8-18(9-11-26)32-22-12-19-20(13-21(22)31-2)25-16-27(24(19)29)14-17-6-4-3-5-7-17/h3-7,12-13,16,18H,8-11,14-15H2,1-2H3. The van der Waals surface area contributed by atoms with Crippen molar-refractivity contribution in [3.8, 4) is 11.5 Å². The summed E-state index contributed by atoms with van der Waals surface area (Å²) in [7, 11) is 3.08. The molecule has 0 spiro atoms. The molecule has 0 bridgehead atoms. The summed E-state index contributed by atoms with van der Waals surface area (Å²) in [6.07, 6.45) is 2.88. The number of aromatic nitrogens is 2. The van der Waals surface area contributed by atoms with Crippen LogP contribution < -0.4 is 15.0 Å². The molecule has 1 saturated heterocycles. The van der Waals surface area contributed by atoms with E-state index in [9.17, 15) is 9.59 Å². The Morgan fingerprint density at radius 3 is 2.53 bits per heavy atom. The van der Waals surface area contributed by atoms with Crippen molar-refractivity contribution >= 4 is 16.8 Å². The molecule has 8 heteroatoms. The van der Waals surface area contributed by atoms with Gasteiger partial charge in [-0.25, -0.2) is 4.98 Å². The van der Waals surface area contributed by atoms with Crippen LogP contribution >= 0.6 is 0 Å². The Balaban J connectivity index is 1.55. The molecule has 1 aliphatic rings. The van der Waals surface area contributed by atoms with Gasteiger partial charge in [0.2, 0.25) is 5.91 Å². The van der Waals surface area contributed by atoms with E-state index in [0.717, 1.165) is 5.56 Å². The predicted molar refractivity (Wildman–Crippen MR) is 120 cm³/mol. The fourth-order valence-corrected chi connectivity index (χ4v) is 3.93.